The minimum absolute atomic E-state index is 0.0113. The zero-order chi connectivity index (χ0) is 13.8. The van der Waals surface area contributed by atoms with Gasteiger partial charge in [0.15, 0.2) is 0 Å². The number of aliphatic carboxylic acids is 1. The molecule has 5 nitrogen and oxygen atoms in total. The molecular formula is C13H17NO4S. The molecule has 0 atom stereocenters. The van der Waals surface area contributed by atoms with E-state index in [-0.39, 0.29) is 17.4 Å². The number of furan rings is 1. The Morgan fingerprint density at radius 3 is 2.68 bits per heavy atom. The summed E-state index contributed by atoms with van der Waals surface area (Å²) in [4.78, 5) is 24.3. The summed E-state index contributed by atoms with van der Waals surface area (Å²) in [5.41, 5.74) is 0. The average Bonchev–Trinajstić information content (AvgIpc) is 3.09. The molecule has 0 saturated heterocycles. The van der Waals surface area contributed by atoms with E-state index in [1.165, 1.54) is 0 Å². The molecule has 1 aromatic rings. The van der Waals surface area contributed by atoms with Crippen molar-refractivity contribution in [2.45, 2.75) is 32.4 Å². The summed E-state index contributed by atoms with van der Waals surface area (Å²) < 4.78 is 5.49. The van der Waals surface area contributed by atoms with Crippen molar-refractivity contribution in [1.29, 1.82) is 0 Å². The van der Waals surface area contributed by atoms with Crippen molar-refractivity contribution >= 4 is 23.6 Å². The summed E-state index contributed by atoms with van der Waals surface area (Å²) in [6, 6.07) is 4.05. The van der Waals surface area contributed by atoms with Gasteiger partial charge in [-0.05, 0) is 31.9 Å². The standard InChI is InChI=1S/C13H17NO4S/c1-9-2-5-11(18-9)6-14(10-3-4-10)12(15)7-19-8-13(16)17/h2,5,10H,3-4,6-8H2,1H3,(H,16,17). The first kappa shape index (κ1) is 14.0. The number of amides is 1. The summed E-state index contributed by atoms with van der Waals surface area (Å²) in [6.45, 7) is 2.35. The van der Waals surface area contributed by atoms with E-state index >= 15 is 0 Å². The molecule has 104 valence electrons. The first-order chi connectivity index (χ1) is 9.06. The topological polar surface area (TPSA) is 70.8 Å². The van der Waals surface area contributed by atoms with Crippen LogP contribution in [0.2, 0.25) is 0 Å². The number of carboxylic acids is 1. The van der Waals surface area contributed by atoms with Gasteiger partial charge < -0.3 is 14.4 Å². The Kier molecular flexibility index (Phi) is 4.52. The predicted molar refractivity (Wildman–Crippen MR) is 72.0 cm³/mol. The van der Waals surface area contributed by atoms with Gasteiger partial charge in [-0.2, -0.15) is 0 Å². The van der Waals surface area contributed by atoms with Gasteiger partial charge in [0.2, 0.25) is 5.91 Å². The maximum absolute atomic E-state index is 12.1. The molecule has 0 aliphatic heterocycles. The second-order valence-electron chi connectivity index (χ2n) is 4.65. The molecule has 1 aliphatic rings. The van der Waals surface area contributed by atoms with Crippen LogP contribution in [0.25, 0.3) is 0 Å². The molecule has 0 aromatic carbocycles. The van der Waals surface area contributed by atoms with Crippen LogP contribution < -0.4 is 0 Å². The number of rotatable bonds is 7. The van der Waals surface area contributed by atoms with Crippen LogP contribution >= 0.6 is 11.8 Å². The minimum atomic E-state index is -0.891. The van der Waals surface area contributed by atoms with Crippen LogP contribution in [-0.2, 0) is 16.1 Å². The Morgan fingerprint density at radius 2 is 2.16 bits per heavy atom. The van der Waals surface area contributed by atoms with E-state index < -0.39 is 5.97 Å². The van der Waals surface area contributed by atoms with Gasteiger partial charge in [-0.25, -0.2) is 0 Å². The number of hydrogen-bond acceptors (Lipinski definition) is 4. The predicted octanol–water partition coefficient (Wildman–Crippen LogP) is 1.90. The van der Waals surface area contributed by atoms with Crippen molar-refractivity contribution in [3.05, 3.63) is 23.7 Å². The highest BCUT2D eigenvalue weighted by Gasteiger charge is 2.32. The molecule has 0 unspecified atom stereocenters. The van der Waals surface area contributed by atoms with Gasteiger partial charge in [-0.15, -0.1) is 11.8 Å². The van der Waals surface area contributed by atoms with Gasteiger partial charge >= 0.3 is 5.97 Å². The molecule has 1 aliphatic carbocycles. The third-order valence-corrected chi connectivity index (χ3v) is 3.78. The third kappa shape index (κ3) is 4.31. The number of carboxylic acid groups (broad SMARTS) is 1. The maximum Gasteiger partial charge on any atom is 0.313 e. The molecule has 0 bridgehead atoms. The lowest BCUT2D eigenvalue weighted by Crippen LogP contribution is -2.34. The first-order valence-corrected chi connectivity index (χ1v) is 7.36. The van der Waals surface area contributed by atoms with E-state index in [1.807, 2.05) is 19.1 Å². The smallest absolute Gasteiger partial charge is 0.313 e. The fraction of sp³-hybridized carbons (Fsp3) is 0.538. The van der Waals surface area contributed by atoms with Crippen molar-refractivity contribution in [3.63, 3.8) is 0 Å². The van der Waals surface area contributed by atoms with E-state index in [2.05, 4.69) is 0 Å². The van der Waals surface area contributed by atoms with Crippen LogP contribution in [0.1, 0.15) is 24.4 Å². The summed E-state index contributed by atoms with van der Waals surface area (Å²) in [7, 11) is 0. The fourth-order valence-corrected chi connectivity index (χ4v) is 2.47. The van der Waals surface area contributed by atoms with E-state index in [1.54, 1.807) is 4.90 Å². The van der Waals surface area contributed by atoms with Crippen molar-refractivity contribution in [2.75, 3.05) is 11.5 Å². The van der Waals surface area contributed by atoms with Crippen LogP contribution in [0.5, 0.6) is 0 Å². The zero-order valence-corrected chi connectivity index (χ0v) is 11.6. The quantitative estimate of drug-likeness (QED) is 0.827. The van der Waals surface area contributed by atoms with Crippen molar-refractivity contribution in [1.82, 2.24) is 4.90 Å². The number of carbonyl (C=O) groups is 2. The van der Waals surface area contributed by atoms with E-state index in [0.29, 0.717) is 12.6 Å². The minimum Gasteiger partial charge on any atom is -0.481 e. The second kappa shape index (κ2) is 6.14. The van der Waals surface area contributed by atoms with Crippen LogP contribution in [0, 0.1) is 6.92 Å². The molecule has 1 amide bonds. The third-order valence-electron chi connectivity index (χ3n) is 2.88. The lowest BCUT2D eigenvalue weighted by molar-refractivity contribution is -0.133. The lowest BCUT2D eigenvalue weighted by atomic mass is 10.3. The largest absolute Gasteiger partial charge is 0.481 e. The Balaban J connectivity index is 1.88. The maximum atomic E-state index is 12.1. The van der Waals surface area contributed by atoms with Crippen LogP contribution in [0.15, 0.2) is 16.5 Å². The zero-order valence-electron chi connectivity index (χ0n) is 10.8. The van der Waals surface area contributed by atoms with Gasteiger partial charge in [0.1, 0.15) is 11.5 Å². The molecule has 2 rings (SSSR count). The molecule has 0 radical (unpaired) electrons. The van der Waals surface area contributed by atoms with E-state index in [4.69, 9.17) is 9.52 Å². The average molecular weight is 283 g/mol. The molecule has 19 heavy (non-hydrogen) atoms. The highest BCUT2D eigenvalue weighted by molar-refractivity contribution is 8.00. The SMILES string of the molecule is Cc1ccc(CN(C(=O)CSCC(=O)O)C2CC2)o1. The molecule has 1 saturated carbocycles. The van der Waals surface area contributed by atoms with Crippen molar-refractivity contribution < 1.29 is 19.1 Å². The van der Waals surface area contributed by atoms with Crippen molar-refractivity contribution in [3.8, 4) is 0 Å². The molecule has 1 N–H and O–H groups in total. The van der Waals surface area contributed by atoms with E-state index in [9.17, 15) is 9.59 Å². The number of carbonyl (C=O) groups excluding carboxylic acids is 1. The van der Waals surface area contributed by atoms with Crippen LogP contribution in [0.3, 0.4) is 0 Å². The Hall–Kier alpha value is -1.43. The first-order valence-electron chi connectivity index (χ1n) is 6.20. The number of hydrogen-bond donors (Lipinski definition) is 1. The Labute approximate surface area is 116 Å². The molecule has 1 heterocycles. The van der Waals surface area contributed by atoms with Gasteiger partial charge in [0, 0.05) is 6.04 Å². The van der Waals surface area contributed by atoms with E-state index in [0.717, 1.165) is 36.1 Å². The number of thioether (sulfide) groups is 1. The summed E-state index contributed by atoms with van der Waals surface area (Å²) in [6.07, 6.45) is 2.05. The summed E-state index contributed by atoms with van der Waals surface area (Å²) >= 11 is 1.14. The van der Waals surface area contributed by atoms with Crippen molar-refractivity contribution in [2.24, 2.45) is 0 Å². The summed E-state index contributed by atoms with van der Waals surface area (Å²) in [5, 5.41) is 8.56. The normalized spacial score (nSPS) is 14.4. The second-order valence-corrected chi connectivity index (χ2v) is 5.64. The monoisotopic (exact) mass is 283 g/mol. The van der Waals surface area contributed by atoms with Crippen LogP contribution in [0.4, 0.5) is 0 Å². The van der Waals surface area contributed by atoms with Gasteiger partial charge in [-0.3, -0.25) is 9.59 Å². The highest BCUT2D eigenvalue weighted by Crippen LogP contribution is 2.29. The van der Waals surface area contributed by atoms with Gasteiger partial charge in [0.25, 0.3) is 0 Å². The Morgan fingerprint density at radius 1 is 1.42 bits per heavy atom. The summed E-state index contributed by atoms with van der Waals surface area (Å²) in [5.74, 6) is 0.881. The van der Waals surface area contributed by atoms with Gasteiger partial charge in [0.05, 0.1) is 18.1 Å². The number of aryl methyl sites for hydroxylation is 1. The highest BCUT2D eigenvalue weighted by atomic mass is 32.2. The Bertz CT molecular complexity index is 467. The molecule has 1 aromatic heterocycles. The fourth-order valence-electron chi connectivity index (χ4n) is 1.85. The lowest BCUT2D eigenvalue weighted by Gasteiger charge is -2.21. The number of nitrogens with zero attached hydrogens (tertiary/aromatic N) is 1. The molecular weight excluding hydrogens is 266 g/mol. The molecule has 1 fully saturated rings. The van der Waals surface area contributed by atoms with Gasteiger partial charge in [-0.1, -0.05) is 0 Å². The molecule has 0 spiro atoms. The molecule has 6 heteroatoms. The van der Waals surface area contributed by atoms with Crippen LogP contribution in [-0.4, -0.2) is 39.4 Å².